The highest BCUT2D eigenvalue weighted by Gasteiger charge is 2.39. The highest BCUT2D eigenvalue weighted by Crippen LogP contribution is 2.37. The maximum absolute atomic E-state index is 3.60. The van der Waals surface area contributed by atoms with Crippen LogP contribution in [0.5, 0.6) is 0 Å². The molecule has 2 rings (SSSR count). The number of hydrogen-bond donors (Lipinski definition) is 1. The Bertz CT molecular complexity index is 187. The summed E-state index contributed by atoms with van der Waals surface area (Å²) in [5.74, 6) is 0.929. The lowest BCUT2D eigenvalue weighted by atomic mass is 9.83. The molecule has 82 valence electrons. The zero-order valence-electron chi connectivity index (χ0n) is 9.68. The molecule has 0 bridgehead atoms. The van der Waals surface area contributed by atoms with Crippen molar-refractivity contribution in [2.24, 2.45) is 5.92 Å². The minimum Gasteiger partial charge on any atom is -0.315 e. The molecule has 0 aromatic heterocycles. The van der Waals surface area contributed by atoms with E-state index in [9.17, 15) is 0 Å². The molecule has 0 spiro atoms. The van der Waals surface area contributed by atoms with Gasteiger partial charge >= 0.3 is 0 Å². The average Bonchev–Trinajstić information content (AvgIpc) is 2.64. The summed E-state index contributed by atoms with van der Waals surface area (Å²) in [4.78, 5) is 2.60. The van der Waals surface area contributed by atoms with E-state index in [1.807, 2.05) is 0 Å². The quantitative estimate of drug-likeness (QED) is 0.688. The molecule has 1 unspecified atom stereocenters. The number of nitrogens with zero attached hydrogens (tertiary/aromatic N) is 1. The van der Waals surface area contributed by atoms with Crippen molar-refractivity contribution in [3.8, 4) is 0 Å². The lowest BCUT2D eigenvalue weighted by molar-refractivity contribution is 0.0852. The van der Waals surface area contributed by atoms with E-state index in [4.69, 9.17) is 0 Å². The molecule has 1 N–H and O–H groups in total. The van der Waals surface area contributed by atoms with Crippen LogP contribution in [-0.2, 0) is 0 Å². The van der Waals surface area contributed by atoms with E-state index in [1.54, 1.807) is 0 Å². The Morgan fingerprint density at radius 3 is 2.64 bits per heavy atom. The van der Waals surface area contributed by atoms with Gasteiger partial charge in [0, 0.05) is 12.1 Å². The van der Waals surface area contributed by atoms with Crippen LogP contribution >= 0.6 is 0 Å². The van der Waals surface area contributed by atoms with Crippen LogP contribution in [0.15, 0.2) is 0 Å². The van der Waals surface area contributed by atoms with Gasteiger partial charge in [-0.25, -0.2) is 0 Å². The molecule has 0 aromatic carbocycles. The summed E-state index contributed by atoms with van der Waals surface area (Å²) in [5, 5.41) is 3.60. The van der Waals surface area contributed by atoms with Gasteiger partial charge in [-0.05, 0) is 52.2 Å². The van der Waals surface area contributed by atoms with Crippen LogP contribution in [-0.4, -0.2) is 37.1 Å². The highest BCUT2D eigenvalue weighted by molar-refractivity contribution is 4.96. The molecule has 0 aromatic rings. The standard InChI is InChI=1S/C12H24N2/c1-12(11-6-3-4-7-11)10-13-8-5-9-14(12)2/h11,13H,3-10H2,1-2H3. The highest BCUT2D eigenvalue weighted by atomic mass is 15.2. The minimum atomic E-state index is 0.424. The van der Waals surface area contributed by atoms with E-state index >= 15 is 0 Å². The van der Waals surface area contributed by atoms with Crippen LogP contribution in [0.3, 0.4) is 0 Å². The second-order valence-corrected chi connectivity index (χ2v) is 5.29. The van der Waals surface area contributed by atoms with Crippen molar-refractivity contribution in [3.63, 3.8) is 0 Å². The minimum absolute atomic E-state index is 0.424. The number of rotatable bonds is 1. The number of nitrogens with one attached hydrogen (secondary N) is 1. The van der Waals surface area contributed by atoms with Crippen molar-refractivity contribution in [3.05, 3.63) is 0 Å². The summed E-state index contributed by atoms with van der Waals surface area (Å²) in [6.45, 7) is 6.11. The first-order valence-electron chi connectivity index (χ1n) is 6.15. The zero-order valence-corrected chi connectivity index (χ0v) is 9.68. The van der Waals surface area contributed by atoms with Gasteiger partial charge in [-0.2, -0.15) is 0 Å². The van der Waals surface area contributed by atoms with Crippen molar-refractivity contribution in [2.75, 3.05) is 26.7 Å². The Hall–Kier alpha value is -0.0800. The largest absolute Gasteiger partial charge is 0.315 e. The molecule has 0 amide bonds. The molecule has 1 saturated heterocycles. The topological polar surface area (TPSA) is 15.3 Å². The van der Waals surface area contributed by atoms with Crippen molar-refractivity contribution in [1.82, 2.24) is 10.2 Å². The van der Waals surface area contributed by atoms with E-state index in [-0.39, 0.29) is 0 Å². The molecule has 2 nitrogen and oxygen atoms in total. The zero-order chi connectivity index (χ0) is 10.0. The molecular weight excluding hydrogens is 172 g/mol. The smallest absolute Gasteiger partial charge is 0.0330 e. The molecule has 14 heavy (non-hydrogen) atoms. The first-order chi connectivity index (χ1) is 6.73. The van der Waals surface area contributed by atoms with Crippen LogP contribution in [0.25, 0.3) is 0 Å². The fraction of sp³-hybridized carbons (Fsp3) is 1.00. The summed E-state index contributed by atoms with van der Waals surface area (Å²) in [5.41, 5.74) is 0.424. The van der Waals surface area contributed by atoms with Crippen LogP contribution in [0.4, 0.5) is 0 Å². The molecular formula is C12H24N2. The van der Waals surface area contributed by atoms with Crippen LogP contribution in [0.2, 0.25) is 0 Å². The monoisotopic (exact) mass is 196 g/mol. The van der Waals surface area contributed by atoms with E-state index in [1.165, 1.54) is 51.7 Å². The molecule has 1 saturated carbocycles. The van der Waals surface area contributed by atoms with Gasteiger partial charge in [0.15, 0.2) is 0 Å². The van der Waals surface area contributed by atoms with Gasteiger partial charge in [-0.15, -0.1) is 0 Å². The number of likely N-dealkylation sites (N-methyl/N-ethyl adjacent to an activating group) is 1. The summed E-state index contributed by atoms with van der Waals surface area (Å²) < 4.78 is 0. The molecule has 2 heteroatoms. The molecule has 1 atom stereocenters. The lowest BCUT2D eigenvalue weighted by Gasteiger charge is -2.42. The third-order valence-electron chi connectivity index (χ3n) is 4.44. The first kappa shape index (κ1) is 10.4. The fourth-order valence-electron chi connectivity index (χ4n) is 3.18. The van der Waals surface area contributed by atoms with E-state index < -0.39 is 0 Å². The summed E-state index contributed by atoms with van der Waals surface area (Å²) >= 11 is 0. The third kappa shape index (κ3) is 1.82. The summed E-state index contributed by atoms with van der Waals surface area (Å²) in [6, 6.07) is 0. The Morgan fingerprint density at radius 2 is 1.93 bits per heavy atom. The van der Waals surface area contributed by atoms with Gasteiger partial charge in [-0.3, -0.25) is 4.90 Å². The first-order valence-corrected chi connectivity index (χ1v) is 6.15. The van der Waals surface area contributed by atoms with Gasteiger partial charge in [0.1, 0.15) is 0 Å². The normalized spacial score (nSPS) is 37.3. The summed E-state index contributed by atoms with van der Waals surface area (Å²) in [7, 11) is 2.31. The van der Waals surface area contributed by atoms with Gasteiger partial charge in [0.25, 0.3) is 0 Å². The third-order valence-corrected chi connectivity index (χ3v) is 4.44. The molecule has 2 aliphatic rings. The average molecular weight is 196 g/mol. The molecule has 1 aliphatic carbocycles. The fourth-order valence-corrected chi connectivity index (χ4v) is 3.18. The Kier molecular flexibility index (Phi) is 3.13. The Balaban J connectivity index is 2.08. The van der Waals surface area contributed by atoms with Crippen molar-refractivity contribution >= 4 is 0 Å². The van der Waals surface area contributed by atoms with Gasteiger partial charge in [0.2, 0.25) is 0 Å². The molecule has 2 fully saturated rings. The maximum atomic E-state index is 3.60. The van der Waals surface area contributed by atoms with E-state index in [2.05, 4.69) is 24.2 Å². The second kappa shape index (κ2) is 4.19. The van der Waals surface area contributed by atoms with Crippen molar-refractivity contribution in [1.29, 1.82) is 0 Å². The van der Waals surface area contributed by atoms with E-state index in [0.29, 0.717) is 5.54 Å². The molecule has 0 radical (unpaired) electrons. The Labute approximate surface area is 88.1 Å². The number of hydrogen-bond acceptors (Lipinski definition) is 2. The van der Waals surface area contributed by atoms with Crippen LogP contribution in [0.1, 0.15) is 39.0 Å². The van der Waals surface area contributed by atoms with Crippen molar-refractivity contribution in [2.45, 2.75) is 44.6 Å². The summed E-state index contributed by atoms with van der Waals surface area (Å²) in [6.07, 6.45) is 7.10. The van der Waals surface area contributed by atoms with E-state index in [0.717, 1.165) is 5.92 Å². The van der Waals surface area contributed by atoms with Gasteiger partial charge in [-0.1, -0.05) is 12.8 Å². The van der Waals surface area contributed by atoms with Crippen LogP contribution < -0.4 is 5.32 Å². The predicted molar refractivity (Wildman–Crippen MR) is 60.5 cm³/mol. The second-order valence-electron chi connectivity index (χ2n) is 5.29. The SMILES string of the molecule is CN1CCCNCC1(C)C1CCCC1. The van der Waals surface area contributed by atoms with Gasteiger partial charge < -0.3 is 5.32 Å². The maximum Gasteiger partial charge on any atom is 0.0330 e. The van der Waals surface area contributed by atoms with Crippen molar-refractivity contribution < 1.29 is 0 Å². The predicted octanol–water partition coefficient (Wildman–Crippen LogP) is 1.86. The van der Waals surface area contributed by atoms with Crippen LogP contribution in [0, 0.1) is 5.92 Å². The molecule has 1 aliphatic heterocycles. The molecule has 1 heterocycles. The van der Waals surface area contributed by atoms with Gasteiger partial charge in [0.05, 0.1) is 0 Å². The lowest BCUT2D eigenvalue weighted by Crippen LogP contribution is -2.53. The Morgan fingerprint density at radius 1 is 1.21 bits per heavy atom.